The van der Waals surface area contributed by atoms with Crippen molar-refractivity contribution in [2.45, 2.75) is 44.6 Å². The van der Waals surface area contributed by atoms with Crippen LogP contribution < -0.4 is 5.32 Å². The van der Waals surface area contributed by atoms with Gasteiger partial charge in [0, 0.05) is 12.7 Å². The summed E-state index contributed by atoms with van der Waals surface area (Å²) in [7, 11) is 0. The summed E-state index contributed by atoms with van der Waals surface area (Å²) < 4.78 is 1.71. The fraction of sp³-hybridized carbons (Fsp3) is 0.444. The topological polar surface area (TPSA) is 67.2 Å². The van der Waals surface area contributed by atoms with Gasteiger partial charge in [-0.15, -0.1) is 0 Å². The average molecular weight is 313 g/mol. The summed E-state index contributed by atoms with van der Waals surface area (Å²) in [6.45, 7) is 2.13. The van der Waals surface area contributed by atoms with Crippen molar-refractivity contribution in [3.05, 3.63) is 47.8 Å². The average Bonchev–Trinajstić information content (AvgIpc) is 2.96. The first-order chi connectivity index (χ1) is 11.1. The third-order valence-corrected chi connectivity index (χ3v) is 4.53. The van der Waals surface area contributed by atoms with Crippen molar-refractivity contribution < 1.29 is 9.90 Å². The van der Waals surface area contributed by atoms with E-state index in [2.05, 4.69) is 10.4 Å². The Bertz CT molecular complexity index is 673. The molecule has 1 aliphatic carbocycles. The zero-order valence-corrected chi connectivity index (χ0v) is 13.5. The fourth-order valence-corrected chi connectivity index (χ4v) is 3.12. The first-order valence-electron chi connectivity index (χ1n) is 8.20. The SMILES string of the molecule is Cc1nn(-c2ccccc2)cc1C(=O)NCC1(O)CCCCC1. The minimum Gasteiger partial charge on any atom is -0.388 e. The molecule has 3 rings (SSSR count). The second kappa shape index (κ2) is 6.54. The number of amides is 1. The van der Waals surface area contributed by atoms with E-state index in [1.54, 1.807) is 10.9 Å². The molecule has 0 atom stereocenters. The molecule has 1 amide bonds. The number of benzene rings is 1. The van der Waals surface area contributed by atoms with Gasteiger partial charge in [0.25, 0.3) is 5.91 Å². The van der Waals surface area contributed by atoms with Gasteiger partial charge in [-0.1, -0.05) is 37.5 Å². The summed E-state index contributed by atoms with van der Waals surface area (Å²) in [6.07, 6.45) is 6.48. The first kappa shape index (κ1) is 15.7. The zero-order chi connectivity index (χ0) is 16.3. The van der Waals surface area contributed by atoms with Gasteiger partial charge >= 0.3 is 0 Å². The molecule has 0 aliphatic heterocycles. The third kappa shape index (κ3) is 3.62. The highest BCUT2D eigenvalue weighted by molar-refractivity contribution is 5.95. The normalized spacial score (nSPS) is 17.0. The summed E-state index contributed by atoms with van der Waals surface area (Å²) >= 11 is 0. The summed E-state index contributed by atoms with van der Waals surface area (Å²) in [5.74, 6) is -0.177. The first-order valence-corrected chi connectivity index (χ1v) is 8.20. The maximum atomic E-state index is 12.4. The van der Waals surface area contributed by atoms with E-state index in [1.807, 2.05) is 37.3 Å². The molecular weight excluding hydrogens is 290 g/mol. The Balaban J connectivity index is 1.69. The number of aliphatic hydroxyl groups is 1. The molecule has 1 aliphatic rings. The van der Waals surface area contributed by atoms with Gasteiger partial charge in [-0.3, -0.25) is 4.79 Å². The lowest BCUT2D eigenvalue weighted by Gasteiger charge is -2.32. The van der Waals surface area contributed by atoms with E-state index in [0.717, 1.165) is 31.4 Å². The molecule has 0 spiro atoms. The number of aromatic nitrogens is 2. The van der Waals surface area contributed by atoms with Crippen LogP contribution in [0.2, 0.25) is 0 Å². The molecule has 2 aromatic rings. The second-order valence-corrected chi connectivity index (χ2v) is 6.38. The maximum absolute atomic E-state index is 12.4. The zero-order valence-electron chi connectivity index (χ0n) is 13.5. The minimum atomic E-state index is -0.753. The molecule has 0 saturated heterocycles. The molecule has 0 bridgehead atoms. The molecule has 5 nitrogen and oxygen atoms in total. The number of nitrogens with zero attached hydrogens (tertiary/aromatic N) is 2. The number of carbonyl (C=O) groups excluding carboxylic acids is 1. The van der Waals surface area contributed by atoms with Crippen LogP contribution in [-0.4, -0.2) is 32.9 Å². The Morgan fingerprint density at radius 3 is 2.65 bits per heavy atom. The van der Waals surface area contributed by atoms with E-state index in [0.29, 0.717) is 17.8 Å². The van der Waals surface area contributed by atoms with Crippen molar-refractivity contribution in [3.63, 3.8) is 0 Å². The van der Waals surface area contributed by atoms with Crippen LogP contribution in [0.25, 0.3) is 5.69 Å². The number of hydrogen-bond acceptors (Lipinski definition) is 3. The van der Waals surface area contributed by atoms with Crippen LogP contribution in [0.5, 0.6) is 0 Å². The molecule has 1 aromatic carbocycles. The Morgan fingerprint density at radius 1 is 1.26 bits per heavy atom. The third-order valence-electron chi connectivity index (χ3n) is 4.53. The Hall–Kier alpha value is -2.14. The number of carbonyl (C=O) groups is 1. The molecule has 1 heterocycles. The van der Waals surface area contributed by atoms with Crippen molar-refractivity contribution in [2.75, 3.05) is 6.54 Å². The summed E-state index contributed by atoms with van der Waals surface area (Å²) in [5, 5.41) is 17.8. The molecule has 5 heteroatoms. The van der Waals surface area contributed by atoms with Crippen LogP contribution in [-0.2, 0) is 0 Å². The van der Waals surface area contributed by atoms with Crippen molar-refractivity contribution >= 4 is 5.91 Å². The van der Waals surface area contributed by atoms with E-state index >= 15 is 0 Å². The molecule has 0 unspecified atom stereocenters. The maximum Gasteiger partial charge on any atom is 0.254 e. The van der Waals surface area contributed by atoms with Crippen molar-refractivity contribution in [3.8, 4) is 5.69 Å². The largest absolute Gasteiger partial charge is 0.388 e. The molecule has 1 fully saturated rings. The lowest BCUT2D eigenvalue weighted by Crippen LogP contribution is -2.44. The monoisotopic (exact) mass is 313 g/mol. The molecule has 2 N–H and O–H groups in total. The highest BCUT2D eigenvalue weighted by atomic mass is 16.3. The Morgan fingerprint density at radius 2 is 1.96 bits per heavy atom. The van der Waals surface area contributed by atoms with Crippen molar-refractivity contribution in [2.24, 2.45) is 0 Å². The molecule has 122 valence electrons. The number of aryl methyl sites for hydroxylation is 1. The standard InChI is InChI=1S/C18H23N3O2/c1-14-16(12-21(20-14)15-8-4-2-5-9-15)17(22)19-13-18(23)10-6-3-7-11-18/h2,4-5,8-9,12,23H,3,6-7,10-11,13H2,1H3,(H,19,22). The highest BCUT2D eigenvalue weighted by Gasteiger charge is 2.29. The van der Waals surface area contributed by atoms with Gasteiger partial charge in [-0.05, 0) is 31.9 Å². The van der Waals surface area contributed by atoms with Crippen LogP contribution >= 0.6 is 0 Å². The van der Waals surface area contributed by atoms with Gasteiger partial charge in [-0.2, -0.15) is 5.10 Å². The Kier molecular flexibility index (Phi) is 4.48. The fourth-order valence-electron chi connectivity index (χ4n) is 3.12. The summed E-state index contributed by atoms with van der Waals surface area (Å²) in [4.78, 5) is 12.4. The van der Waals surface area contributed by atoms with Gasteiger partial charge in [0.2, 0.25) is 0 Å². The number of hydrogen-bond donors (Lipinski definition) is 2. The highest BCUT2D eigenvalue weighted by Crippen LogP contribution is 2.27. The van der Waals surface area contributed by atoms with Gasteiger partial charge in [0.1, 0.15) is 0 Å². The smallest absolute Gasteiger partial charge is 0.254 e. The quantitative estimate of drug-likeness (QED) is 0.912. The lowest BCUT2D eigenvalue weighted by atomic mass is 9.85. The molecule has 23 heavy (non-hydrogen) atoms. The van der Waals surface area contributed by atoms with E-state index in [-0.39, 0.29) is 5.91 Å². The van der Waals surface area contributed by atoms with Crippen LogP contribution in [0.15, 0.2) is 36.5 Å². The molecule has 1 aromatic heterocycles. The second-order valence-electron chi connectivity index (χ2n) is 6.38. The Labute approximate surface area is 136 Å². The van der Waals surface area contributed by atoms with Crippen LogP contribution in [0.4, 0.5) is 0 Å². The van der Waals surface area contributed by atoms with Crippen LogP contribution in [0, 0.1) is 6.92 Å². The van der Waals surface area contributed by atoms with E-state index < -0.39 is 5.60 Å². The predicted octanol–water partition coefficient (Wildman–Crippen LogP) is 2.61. The molecule has 1 saturated carbocycles. The van der Waals surface area contributed by atoms with Crippen LogP contribution in [0.1, 0.15) is 48.2 Å². The minimum absolute atomic E-state index is 0.177. The molecular formula is C18H23N3O2. The van der Waals surface area contributed by atoms with Gasteiger partial charge in [-0.25, -0.2) is 4.68 Å². The van der Waals surface area contributed by atoms with Gasteiger partial charge in [0.05, 0.1) is 22.5 Å². The summed E-state index contributed by atoms with van der Waals surface area (Å²) in [6, 6.07) is 9.70. The predicted molar refractivity (Wildman–Crippen MR) is 88.7 cm³/mol. The van der Waals surface area contributed by atoms with Crippen molar-refractivity contribution in [1.82, 2.24) is 15.1 Å². The molecule has 0 radical (unpaired) electrons. The van der Waals surface area contributed by atoms with Crippen LogP contribution in [0.3, 0.4) is 0 Å². The van der Waals surface area contributed by atoms with E-state index in [4.69, 9.17) is 0 Å². The van der Waals surface area contributed by atoms with Crippen molar-refractivity contribution in [1.29, 1.82) is 0 Å². The van der Waals surface area contributed by atoms with E-state index in [1.165, 1.54) is 6.42 Å². The number of rotatable bonds is 4. The summed E-state index contributed by atoms with van der Waals surface area (Å²) in [5.41, 5.74) is 1.40. The van der Waals surface area contributed by atoms with E-state index in [9.17, 15) is 9.90 Å². The lowest BCUT2D eigenvalue weighted by molar-refractivity contribution is 0.00525. The van der Waals surface area contributed by atoms with Gasteiger partial charge < -0.3 is 10.4 Å². The number of para-hydroxylation sites is 1. The van der Waals surface area contributed by atoms with Gasteiger partial charge in [0.15, 0.2) is 0 Å². The number of nitrogens with one attached hydrogen (secondary N) is 1.